The van der Waals surface area contributed by atoms with E-state index in [1.807, 2.05) is 12.1 Å². The summed E-state index contributed by atoms with van der Waals surface area (Å²) in [7, 11) is 0. The van der Waals surface area contributed by atoms with Crippen LogP contribution in [-0.4, -0.2) is 5.91 Å². The third-order valence-electron chi connectivity index (χ3n) is 4.76. The summed E-state index contributed by atoms with van der Waals surface area (Å²) in [5.41, 5.74) is 5.72. The van der Waals surface area contributed by atoms with E-state index in [4.69, 9.17) is 11.6 Å². The summed E-state index contributed by atoms with van der Waals surface area (Å²) in [5, 5.41) is 3.51. The molecular weight excluding hydrogens is 366 g/mol. The van der Waals surface area contributed by atoms with Gasteiger partial charge in [-0.3, -0.25) is 4.79 Å². The van der Waals surface area contributed by atoms with Crippen LogP contribution in [0, 0.1) is 0 Å². The molecule has 3 heteroatoms. The Morgan fingerprint density at radius 3 is 2.29 bits per heavy atom. The van der Waals surface area contributed by atoms with Gasteiger partial charge in [-0.15, -0.1) is 0 Å². The Morgan fingerprint density at radius 2 is 1.61 bits per heavy atom. The lowest BCUT2D eigenvalue weighted by Gasteiger charge is -2.19. The first-order valence-corrected chi connectivity index (χ1v) is 9.94. The Morgan fingerprint density at radius 1 is 0.893 bits per heavy atom. The molecule has 0 aliphatic carbocycles. The zero-order valence-corrected chi connectivity index (χ0v) is 17.4. The van der Waals surface area contributed by atoms with Crippen LogP contribution in [0.15, 0.2) is 72.8 Å². The summed E-state index contributed by atoms with van der Waals surface area (Å²) >= 11 is 5.96. The van der Waals surface area contributed by atoms with Crippen molar-refractivity contribution in [2.45, 2.75) is 39.0 Å². The van der Waals surface area contributed by atoms with E-state index in [0.29, 0.717) is 17.9 Å². The van der Waals surface area contributed by atoms with Gasteiger partial charge in [0.2, 0.25) is 5.91 Å². The molecule has 1 amide bonds. The van der Waals surface area contributed by atoms with E-state index in [2.05, 4.69) is 74.6 Å². The van der Waals surface area contributed by atoms with Gasteiger partial charge in [0.1, 0.15) is 0 Å². The molecule has 0 radical (unpaired) electrons. The molecule has 1 N–H and O–H groups in total. The molecule has 3 aromatic rings. The average molecular weight is 392 g/mol. The molecule has 0 fully saturated rings. The lowest BCUT2D eigenvalue weighted by atomic mass is 9.86. The fourth-order valence-electron chi connectivity index (χ4n) is 3.12. The number of rotatable bonds is 5. The molecule has 2 nitrogen and oxygen atoms in total. The van der Waals surface area contributed by atoms with Crippen molar-refractivity contribution in [3.05, 3.63) is 88.9 Å². The molecule has 0 aromatic heterocycles. The van der Waals surface area contributed by atoms with Crippen molar-refractivity contribution < 1.29 is 4.79 Å². The standard InChI is InChI=1S/C25H26ClNO/c1-25(2,3)21-13-11-19(12-14-21)20-7-4-6-18(16-20)10-15-24(28)27-23-9-5-8-22(26)17-23/h4-9,11-14,16-17H,10,15H2,1-3H3,(H,27,28). The van der Waals surface area contributed by atoms with Crippen molar-refractivity contribution in [3.63, 3.8) is 0 Å². The molecule has 144 valence electrons. The number of carbonyl (C=O) groups excluding carboxylic acids is 1. The number of amides is 1. The predicted molar refractivity (Wildman–Crippen MR) is 119 cm³/mol. The maximum Gasteiger partial charge on any atom is 0.224 e. The first kappa shape index (κ1) is 20.2. The number of hydrogen-bond acceptors (Lipinski definition) is 1. The van der Waals surface area contributed by atoms with Gasteiger partial charge in [-0.2, -0.15) is 0 Å². The van der Waals surface area contributed by atoms with Crippen molar-refractivity contribution >= 4 is 23.2 Å². The molecule has 0 unspecified atom stereocenters. The highest BCUT2D eigenvalue weighted by molar-refractivity contribution is 6.30. The monoisotopic (exact) mass is 391 g/mol. The molecule has 0 aliphatic heterocycles. The highest BCUT2D eigenvalue weighted by atomic mass is 35.5. The van der Waals surface area contributed by atoms with Crippen LogP contribution in [0.1, 0.15) is 38.3 Å². The Bertz CT molecular complexity index is 955. The summed E-state index contributed by atoms with van der Waals surface area (Å²) in [5.74, 6) is -0.0119. The van der Waals surface area contributed by atoms with E-state index in [0.717, 1.165) is 11.3 Å². The van der Waals surface area contributed by atoms with E-state index < -0.39 is 0 Å². The predicted octanol–water partition coefficient (Wildman–Crippen LogP) is 6.88. The third kappa shape index (κ3) is 5.46. The normalized spacial score (nSPS) is 11.3. The van der Waals surface area contributed by atoms with Crippen molar-refractivity contribution in [1.29, 1.82) is 0 Å². The molecule has 0 saturated heterocycles. The Hall–Kier alpha value is -2.58. The summed E-state index contributed by atoms with van der Waals surface area (Å²) in [6, 6.07) is 24.3. The zero-order valence-electron chi connectivity index (χ0n) is 16.6. The van der Waals surface area contributed by atoms with Crippen LogP contribution in [0.2, 0.25) is 5.02 Å². The van der Waals surface area contributed by atoms with Gasteiger partial charge < -0.3 is 5.32 Å². The highest BCUT2D eigenvalue weighted by Crippen LogP contribution is 2.27. The lowest BCUT2D eigenvalue weighted by molar-refractivity contribution is -0.116. The average Bonchev–Trinajstić information content (AvgIpc) is 2.66. The molecule has 0 aliphatic rings. The molecule has 3 rings (SSSR count). The van der Waals surface area contributed by atoms with E-state index in [1.165, 1.54) is 16.7 Å². The number of nitrogens with one attached hydrogen (secondary N) is 1. The Balaban J connectivity index is 1.64. The van der Waals surface area contributed by atoms with Crippen LogP contribution >= 0.6 is 11.6 Å². The molecule has 0 bridgehead atoms. The van der Waals surface area contributed by atoms with Crippen molar-refractivity contribution in [2.24, 2.45) is 0 Å². The zero-order chi connectivity index (χ0) is 20.1. The molecular formula is C25H26ClNO. The summed E-state index contributed by atoms with van der Waals surface area (Å²) in [6.45, 7) is 6.66. The van der Waals surface area contributed by atoms with Crippen LogP contribution in [-0.2, 0) is 16.6 Å². The smallest absolute Gasteiger partial charge is 0.224 e. The molecule has 0 spiro atoms. The molecule has 0 saturated carbocycles. The fraction of sp³-hybridized carbons (Fsp3) is 0.240. The molecule has 28 heavy (non-hydrogen) atoms. The van der Waals surface area contributed by atoms with Crippen molar-refractivity contribution in [2.75, 3.05) is 5.32 Å². The molecule has 0 heterocycles. The second-order valence-electron chi connectivity index (χ2n) is 8.09. The van der Waals surface area contributed by atoms with Gasteiger partial charge >= 0.3 is 0 Å². The van der Waals surface area contributed by atoms with E-state index >= 15 is 0 Å². The second-order valence-corrected chi connectivity index (χ2v) is 8.52. The minimum Gasteiger partial charge on any atom is -0.326 e. The fourth-order valence-corrected chi connectivity index (χ4v) is 3.31. The maximum atomic E-state index is 12.2. The number of aryl methyl sites for hydroxylation is 1. The number of benzene rings is 3. The minimum atomic E-state index is -0.0119. The van der Waals surface area contributed by atoms with E-state index in [1.54, 1.807) is 12.1 Å². The number of anilines is 1. The van der Waals surface area contributed by atoms with Gasteiger partial charge in [-0.25, -0.2) is 0 Å². The topological polar surface area (TPSA) is 29.1 Å². The summed E-state index contributed by atoms with van der Waals surface area (Å²) in [6.07, 6.45) is 1.12. The number of carbonyl (C=O) groups is 1. The Labute approximate surface area is 172 Å². The van der Waals surface area contributed by atoms with Crippen molar-refractivity contribution in [1.82, 2.24) is 0 Å². The van der Waals surface area contributed by atoms with Crippen LogP contribution in [0.5, 0.6) is 0 Å². The van der Waals surface area contributed by atoms with Gasteiger partial charge in [0, 0.05) is 17.1 Å². The van der Waals surface area contributed by atoms with Gasteiger partial charge in [-0.05, 0) is 52.3 Å². The van der Waals surface area contributed by atoms with Crippen LogP contribution in [0.3, 0.4) is 0 Å². The first-order chi connectivity index (χ1) is 13.3. The van der Waals surface area contributed by atoms with Crippen LogP contribution in [0.4, 0.5) is 5.69 Å². The number of halogens is 1. The van der Waals surface area contributed by atoms with Crippen molar-refractivity contribution in [3.8, 4) is 11.1 Å². The van der Waals surface area contributed by atoms with Gasteiger partial charge in [0.15, 0.2) is 0 Å². The van der Waals surface area contributed by atoms with Crippen LogP contribution < -0.4 is 5.32 Å². The summed E-state index contributed by atoms with van der Waals surface area (Å²) in [4.78, 5) is 12.2. The van der Waals surface area contributed by atoms with E-state index in [-0.39, 0.29) is 11.3 Å². The van der Waals surface area contributed by atoms with Gasteiger partial charge in [0.25, 0.3) is 0 Å². The van der Waals surface area contributed by atoms with Gasteiger partial charge in [-0.1, -0.05) is 87.0 Å². The SMILES string of the molecule is CC(C)(C)c1ccc(-c2cccc(CCC(=O)Nc3cccc(Cl)c3)c2)cc1. The molecule has 3 aromatic carbocycles. The lowest BCUT2D eigenvalue weighted by Crippen LogP contribution is -2.12. The number of hydrogen-bond donors (Lipinski definition) is 1. The van der Waals surface area contributed by atoms with Crippen LogP contribution in [0.25, 0.3) is 11.1 Å². The minimum absolute atomic E-state index is 0.0119. The van der Waals surface area contributed by atoms with Gasteiger partial charge in [0.05, 0.1) is 0 Å². The summed E-state index contributed by atoms with van der Waals surface area (Å²) < 4.78 is 0. The third-order valence-corrected chi connectivity index (χ3v) is 5.00. The Kier molecular flexibility index (Phi) is 6.21. The second kappa shape index (κ2) is 8.62. The molecule has 0 atom stereocenters. The van der Waals surface area contributed by atoms with E-state index in [9.17, 15) is 4.79 Å². The first-order valence-electron chi connectivity index (χ1n) is 9.56. The quantitative estimate of drug-likeness (QED) is 0.504. The highest BCUT2D eigenvalue weighted by Gasteiger charge is 2.13. The maximum absolute atomic E-state index is 12.2. The largest absolute Gasteiger partial charge is 0.326 e.